The Morgan fingerprint density at radius 2 is 2.15 bits per heavy atom. The predicted octanol–water partition coefficient (Wildman–Crippen LogP) is 2.27. The van der Waals surface area contributed by atoms with Crippen molar-refractivity contribution in [3.8, 4) is 0 Å². The lowest BCUT2D eigenvalue weighted by Crippen LogP contribution is -1.88. The summed E-state index contributed by atoms with van der Waals surface area (Å²) >= 11 is 0. The maximum absolute atomic E-state index is 5.70. The number of nitrogens with one attached hydrogen (secondary N) is 1. The van der Waals surface area contributed by atoms with Crippen LogP contribution in [0.2, 0.25) is 0 Å². The highest BCUT2D eigenvalue weighted by Crippen LogP contribution is 2.23. The molecule has 0 radical (unpaired) electrons. The maximum atomic E-state index is 5.70. The van der Waals surface area contributed by atoms with Crippen LogP contribution in [0, 0.1) is 0 Å². The van der Waals surface area contributed by atoms with E-state index in [1.807, 2.05) is 6.07 Å². The molecule has 3 nitrogen and oxygen atoms in total. The third kappa shape index (κ3) is 1.26. The molecule has 0 amide bonds. The molecular weight excluding hydrogens is 162 g/mol. The molecule has 0 atom stereocenters. The number of aromatic amines is 1. The van der Waals surface area contributed by atoms with Crippen molar-refractivity contribution in [2.75, 3.05) is 5.73 Å². The Bertz CT molecular complexity index is 429. The maximum Gasteiger partial charge on any atom is 0.153 e. The molecule has 1 aromatic heterocycles. The van der Waals surface area contributed by atoms with Crippen LogP contribution in [0.4, 0.5) is 5.82 Å². The summed E-state index contributed by atoms with van der Waals surface area (Å²) in [6, 6.07) is 6.22. The van der Waals surface area contributed by atoms with Gasteiger partial charge in [-0.25, -0.2) is 0 Å². The zero-order valence-corrected chi connectivity index (χ0v) is 7.83. The lowest BCUT2D eigenvalue weighted by atomic mass is 10.0. The second-order valence-corrected chi connectivity index (χ2v) is 3.57. The summed E-state index contributed by atoms with van der Waals surface area (Å²) in [5.41, 5.74) is 8.00. The second kappa shape index (κ2) is 2.76. The molecule has 0 aliphatic rings. The van der Waals surface area contributed by atoms with Gasteiger partial charge >= 0.3 is 0 Å². The third-order valence-electron chi connectivity index (χ3n) is 2.28. The number of benzene rings is 1. The van der Waals surface area contributed by atoms with Crippen molar-refractivity contribution in [3.05, 3.63) is 23.8 Å². The first-order chi connectivity index (χ1) is 6.18. The quantitative estimate of drug-likeness (QED) is 0.698. The van der Waals surface area contributed by atoms with Gasteiger partial charge in [0.15, 0.2) is 5.82 Å². The summed E-state index contributed by atoms with van der Waals surface area (Å²) in [6.45, 7) is 4.33. The van der Waals surface area contributed by atoms with Gasteiger partial charge in [-0.3, -0.25) is 5.10 Å². The molecule has 0 aliphatic carbocycles. The molecule has 3 N–H and O–H groups in total. The smallest absolute Gasteiger partial charge is 0.153 e. The van der Waals surface area contributed by atoms with Crippen LogP contribution in [0.1, 0.15) is 25.3 Å². The SMILES string of the molecule is CC(C)c1ccc2[nH]nc(N)c2c1. The zero-order valence-electron chi connectivity index (χ0n) is 7.83. The molecule has 2 rings (SSSR count). The molecule has 0 saturated heterocycles. The minimum Gasteiger partial charge on any atom is -0.382 e. The third-order valence-corrected chi connectivity index (χ3v) is 2.28. The van der Waals surface area contributed by atoms with Crippen molar-refractivity contribution in [1.29, 1.82) is 0 Å². The lowest BCUT2D eigenvalue weighted by molar-refractivity contribution is 0.869. The minimum atomic E-state index is 0.527. The largest absolute Gasteiger partial charge is 0.382 e. The zero-order chi connectivity index (χ0) is 9.42. The fraction of sp³-hybridized carbons (Fsp3) is 0.300. The van der Waals surface area contributed by atoms with E-state index in [0.29, 0.717) is 11.7 Å². The Morgan fingerprint density at radius 3 is 2.85 bits per heavy atom. The average Bonchev–Trinajstić information content (AvgIpc) is 2.47. The van der Waals surface area contributed by atoms with Gasteiger partial charge in [-0.05, 0) is 23.6 Å². The summed E-state index contributed by atoms with van der Waals surface area (Å²) in [5, 5.41) is 7.85. The summed E-state index contributed by atoms with van der Waals surface area (Å²) < 4.78 is 0. The highest BCUT2D eigenvalue weighted by molar-refractivity contribution is 5.89. The van der Waals surface area contributed by atoms with Gasteiger partial charge in [0.1, 0.15) is 0 Å². The van der Waals surface area contributed by atoms with E-state index in [4.69, 9.17) is 5.73 Å². The van der Waals surface area contributed by atoms with Crippen LogP contribution in [-0.4, -0.2) is 10.2 Å². The van der Waals surface area contributed by atoms with E-state index >= 15 is 0 Å². The fourth-order valence-electron chi connectivity index (χ4n) is 1.41. The van der Waals surface area contributed by atoms with Gasteiger partial charge in [0.2, 0.25) is 0 Å². The fourth-order valence-corrected chi connectivity index (χ4v) is 1.41. The van der Waals surface area contributed by atoms with Crippen LogP contribution in [0.5, 0.6) is 0 Å². The first kappa shape index (κ1) is 8.10. The molecule has 13 heavy (non-hydrogen) atoms. The molecule has 1 heterocycles. The first-order valence-electron chi connectivity index (χ1n) is 4.42. The molecule has 0 fully saturated rings. The number of nitrogens with two attached hydrogens (primary N) is 1. The van der Waals surface area contributed by atoms with Crippen molar-refractivity contribution >= 4 is 16.7 Å². The second-order valence-electron chi connectivity index (χ2n) is 3.57. The van der Waals surface area contributed by atoms with E-state index in [1.54, 1.807) is 0 Å². The van der Waals surface area contributed by atoms with E-state index in [2.05, 4.69) is 36.2 Å². The van der Waals surface area contributed by atoms with Crippen LogP contribution in [0.3, 0.4) is 0 Å². The van der Waals surface area contributed by atoms with E-state index in [1.165, 1.54) is 5.56 Å². The highest BCUT2D eigenvalue weighted by atomic mass is 15.1. The van der Waals surface area contributed by atoms with Crippen molar-refractivity contribution in [3.63, 3.8) is 0 Å². The van der Waals surface area contributed by atoms with Gasteiger partial charge in [0, 0.05) is 5.39 Å². The molecule has 2 aromatic rings. The van der Waals surface area contributed by atoms with Crippen LogP contribution < -0.4 is 5.73 Å². The number of H-pyrrole nitrogens is 1. The Morgan fingerprint density at radius 1 is 1.38 bits per heavy atom. The van der Waals surface area contributed by atoms with Gasteiger partial charge in [0.25, 0.3) is 0 Å². The van der Waals surface area contributed by atoms with E-state index in [-0.39, 0.29) is 0 Å². The Labute approximate surface area is 76.9 Å². The summed E-state index contributed by atoms with van der Waals surface area (Å²) in [4.78, 5) is 0. The number of aromatic nitrogens is 2. The number of nitrogen functional groups attached to an aromatic ring is 1. The van der Waals surface area contributed by atoms with Crippen molar-refractivity contribution in [2.45, 2.75) is 19.8 Å². The molecule has 68 valence electrons. The van der Waals surface area contributed by atoms with Crippen molar-refractivity contribution in [2.24, 2.45) is 0 Å². The van der Waals surface area contributed by atoms with Gasteiger partial charge in [-0.2, -0.15) is 5.10 Å². The number of rotatable bonds is 1. The number of anilines is 1. The van der Waals surface area contributed by atoms with Gasteiger partial charge in [0.05, 0.1) is 5.52 Å². The van der Waals surface area contributed by atoms with Crippen LogP contribution in [-0.2, 0) is 0 Å². The van der Waals surface area contributed by atoms with Gasteiger partial charge in [-0.1, -0.05) is 19.9 Å². The van der Waals surface area contributed by atoms with Gasteiger partial charge < -0.3 is 5.73 Å². The summed E-state index contributed by atoms with van der Waals surface area (Å²) in [5.74, 6) is 1.11. The van der Waals surface area contributed by atoms with Gasteiger partial charge in [-0.15, -0.1) is 0 Å². The number of fused-ring (bicyclic) bond motifs is 1. The van der Waals surface area contributed by atoms with Crippen molar-refractivity contribution in [1.82, 2.24) is 10.2 Å². The average molecular weight is 175 g/mol. The van der Waals surface area contributed by atoms with E-state index in [9.17, 15) is 0 Å². The first-order valence-corrected chi connectivity index (χ1v) is 4.42. The standard InChI is InChI=1S/C10H13N3/c1-6(2)7-3-4-9-8(5-7)10(11)13-12-9/h3-6H,1-2H3,(H3,11,12,13). The lowest BCUT2D eigenvalue weighted by Gasteiger charge is -2.04. The Kier molecular flexibility index (Phi) is 1.72. The summed E-state index contributed by atoms with van der Waals surface area (Å²) in [7, 11) is 0. The number of hydrogen-bond acceptors (Lipinski definition) is 2. The molecule has 0 saturated carbocycles. The normalized spacial score (nSPS) is 11.3. The van der Waals surface area contributed by atoms with E-state index in [0.717, 1.165) is 10.9 Å². The van der Waals surface area contributed by atoms with Crippen LogP contribution >= 0.6 is 0 Å². The summed E-state index contributed by atoms with van der Waals surface area (Å²) in [6.07, 6.45) is 0. The molecule has 0 spiro atoms. The molecule has 1 aromatic carbocycles. The highest BCUT2D eigenvalue weighted by Gasteiger charge is 2.04. The predicted molar refractivity (Wildman–Crippen MR) is 54.6 cm³/mol. The molecular formula is C10H13N3. The Balaban J connectivity index is 2.66. The van der Waals surface area contributed by atoms with Crippen LogP contribution in [0.15, 0.2) is 18.2 Å². The topological polar surface area (TPSA) is 54.7 Å². The molecule has 0 unspecified atom stereocenters. The monoisotopic (exact) mass is 175 g/mol. The number of nitrogens with zero attached hydrogens (tertiary/aromatic N) is 1. The van der Waals surface area contributed by atoms with E-state index < -0.39 is 0 Å². The molecule has 3 heteroatoms. The molecule has 0 bridgehead atoms. The van der Waals surface area contributed by atoms with Crippen molar-refractivity contribution < 1.29 is 0 Å². The minimum absolute atomic E-state index is 0.527. The van der Waals surface area contributed by atoms with Crippen LogP contribution in [0.25, 0.3) is 10.9 Å². The Hall–Kier alpha value is -1.51. The number of hydrogen-bond donors (Lipinski definition) is 2. The molecule has 0 aliphatic heterocycles.